The summed E-state index contributed by atoms with van der Waals surface area (Å²) in [5.74, 6) is 0. The van der Waals surface area contributed by atoms with E-state index in [4.69, 9.17) is 0 Å². The van der Waals surface area contributed by atoms with Gasteiger partial charge in [0.25, 0.3) is 5.69 Å². The van der Waals surface area contributed by atoms with Crippen LogP contribution in [0.4, 0.5) is 18.9 Å². The Labute approximate surface area is 171 Å². The van der Waals surface area contributed by atoms with Crippen molar-refractivity contribution in [2.24, 2.45) is 0 Å². The number of nitro benzene ring substituents is 1. The van der Waals surface area contributed by atoms with Crippen molar-refractivity contribution in [3.8, 4) is 0 Å². The fraction of sp³-hybridized carbons (Fsp3) is 0.273. The van der Waals surface area contributed by atoms with Gasteiger partial charge in [0.1, 0.15) is 0 Å². The Balaban J connectivity index is 1.71. The van der Waals surface area contributed by atoms with Crippen molar-refractivity contribution in [2.45, 2.75) is 31.7 Å². The number of benzene rings is 2. The van der Waals surface area contributed by atoms with E-state index in [2.05, 4.69) is 9.47 Å². The highest BCUT2D eigenvalue weighted by molar-refractivity contribution is 5.36. The largest absolute Gasteiger partial charge is 0.416 e. The van der Waals surface area contributed by atoms with E-state index in [0.717, 1.165) is 48.5 Å². The molecular formula is C22H20F3N3O2. The van der Waals surface area contributed by atoms with Gasteiger partial charge in [0.05, 0.1) is 16.5 Å². The second kappa shape index (κ2) is 7.95. The maximum Gasteiger partial charge on any atom is 0.416 e. The normalized spacial score (nSPS) is 17.4. The predicted octanol–water partition coefficient (Wildman–Crippen LogP) is 5.41. The molecule has 0 radical (unpaired) electrons. The monoisotopic (exact) mass is 415 g/mol. The summed E-state index contributed by atoms with van der Waals surface area (Å²) in [6, 6.07) is 15.4. The van der Waals surface area contributed by atoms with Crippen LogP contribution in [-0.2, 0) is 19.3 Å². The third kappa shape index (κ3) is 4.09. The molecule has 0 amide bonds. The highest BCUT2D eigenvalue weighted by Gasteiger charge is 2.32. The van der Waals surface area contributed by atoms with Crippen LogP contribution in [0.3, 0.4) is 0 Å². The average Bonchev–Trinajstić information content (AvgIpc) is 3.09. The van der Waals surface area contributed by atoms with E-state index < -0.39 is 16.7 Å². The Morgan fingerprint density at radius 2 is 1.80 bits per heavy atom. The van der Waals surface area contributed by atoms with Gasteiger partial charge in [0.15, 0.2) is 0 Å². The molecule has 30 heavy (non-hydrogen) atoms. The maximum atomic E-state index is 13.0. The Kier molecular flexibility index (Phi) is 5.34. The lowest BCUT2D eigenvalue weighted by Crippen LogP contribution is -2.29. The summed E-state index contributed by atoms with van der Waals surface area (Å²) in [4.78, 5) is 12.9. The van der Waals surface area contributed by atoms with Crippen LogP contribution >= 0.6 is 0 Å². The van der Waals surface area contributed by atoms with Gasteiger partial charge in [-0.15, -0.1) is 0 Å². The number of aromatic nitrogens is 1. The van der Waals surface area contributed by atoms with Gasteiger partial charge in [-0.2, -0.15) is 13.2 Å². The molecule has 5 nitrogen and oxygen atoms in total. The second-order valence-electron chi connectivity index (χ2n) is 7.40. The van der Waals surface area contributed by atoms with Crippen LogP contribution < -0.4 is 0 Å². The van der Waals surface area contributed by atoms with E-state index in [-0.39, 0.29) is 11.7 Å². The first-order valence-corrected chi connectivity index (χ1v) is 9.62. The third-order valence-corrected chi connectivity index (χ3v) is 5.42. The minimum atomic E-state index is -4.38. The molecule has 0 spiro atoms. The zero-order valence-electron chi connectivity index (χ0n) is 16.0. The molecule has 1 aromatic heterocycles. The molecule has 2 aromatic carbocycles. The highest BCUT2D eigenvalue weighted by atomic mass is 19.4. The standard InChI is InChI=1S/C22H20F3N3O2/c23-22(24,25)18-9-7-17(8-10-18)21-20-6-2-11-26(20)12-3-13-27(21)15-16-4-1-5-19(14-16)28(29)30/h1-2,4-11,14,21H,3,12-13,15H2/t21-/m1/s1. The van der Waals surface area contributed by atoms with Crippen molar-refractivity contribution in [3.63, 3.8) is 0 Å². The average molecular weight is 415 g/mol. The molecule has 156 valence electrons. The zero-order valence-corrected chi connectivity index (χ0v) is 16.0. The predicted molar refractivity (Wildman–Crippen MR) is 106 cm³/mol. The van der Waals surface area contributed by atoms with Crippen LogP contribution in [0.5, 0.6) is 0 Å². The molecule has 0 bridgehead atoms. The summed E-state index contributed by atoms with van der Waals surface area (Å²) in [6.45, 7) is 1.99. The molecule has 3 aromatic rings. The number of hydrogen-bond donors (Lipinski definition) is 0. The molecular weight excluding hydrogens is 395 g/mol. The van der Waals surface area contributed by atoms with Crippen molar-refractivity contribution < 1.29 is 18.1 Å². The molecule has 0 aliphatic carbocycles. The second-order valence-corrected chi connectivity index (χ2v) is 7.40. The number of halogens is 3. The van der Waals surface area contributed by atoms with Crippen molar-refractivity contribution in [1.82, 2.24) is 9.47 Å². The van der Waals surface area contributed by atoms with Gasteiger partial charge in [-0.25, -0.2) is 0 Å². The summed E-state index contributed by atoms with van der Waals surface area (Å²) >= 11 is 0. The summed E-state index contributed by atoms with van der Waals surface area (Å²) in [5.41, 5.74) is 1.89. The molecule has 0 unspecified atom stereocenters. The quantitative estimate of drug-likeness (QED) is 0.423. The van der Waals surface area contributed by atoms with Gasteiger partial charge in [-0.3, -0.25) is 15.0 Å². The van der Waals surface area contributed by atoms with Crippen LogP contribution in [0, 0.1) is 10.1 Å². The lowest BCUT2D eigenvalue weighted by molar-refractivity contribution is -0.384. The summed E-state index contributed by atoms with van der Waals surface area (Å²) in [5, 5.41) is 11.1. The smallest absolute Gasteiger partial charge is 0.350 e. The van der Waals surface area contributed by atoms with E-state index in [1.54, 1.807) is 12.1 Å². The number of fused-ring (bicyclic) bond motifs is 1. The number of alkyl halides is 3. The van der Waals surface area contributed by atoms with Crippen LogP contribution in [0.25, 0.3) is 0 Å². The van der Waals surface area contributed by atoms with E-state index in [1.807, 2.05) is 24.4 Å². The fourth-order valence-electron chi connectivity index (χ4n) is 4.05. The lowest BCUT2D eigenvalue weighted by atomic mass is 9.99. The number of rotatable bonds is 4. The molecule has 0 saturated carbocycles. The van der Waals surface area contributed by atoms with E-state index in [0.29, 0.717) is 6.54 Å². The lowest BCUT2D eigenvalue weighted by Gasteiger charge is -2.31. The highest BCUT2D eigenvalue weighted by Crippen LogP contribution is 2.35. The Hall–Kier alpha value is -3.13. The molecule has 4 rings (SSSR count). The first-order chi connectivity index (χ1) is 14.3. The zero-order chi connectivity index (χ0) is 21.3. The fourth-order valence-corrected chi connectivity index (χ4v) is 4.05. The van der Waals surface area contributed by atoms with Crippen LogP contribution in [-0.4, -0.2) is 20.9 Å². The van der Waals surface area contributed by atoms with Crippen molar-refractivity contribution in [3.05, 3.63) is 99.4 Å². The molecule has 0 N–H and O–H groups in total. The Morgan fingerprint density at radius 1 is 1.03 bits per heavy atom. The molecule has 0 saturated heterocycles. The van der Waals surface area contributed by atoms with Crippen LogP contribution in [0.1, 0.15) is 34.8 Å². The number of hydrogen-bond acceptors (Lipinski definition) is 3. The SMILES string of the molecule is O=[N+]([O-])c1cccc(CN2CCCn3cccc3[C@H]2c2ccc(C(F)(F)F)cc2)c1. The minimum Gasteiger partial charge on any atom is -0.350 e. The summed E-state index contributed by atoms with van der Waals surface area (Å²) in [6.07, 6.45) is -1.54. The number of nitro groups is 1. The van der Waals surface area contributed by atoms with Crippen LogP contribution in [0.15, 0.2) is 66.9 Å². The number of aryl methyl sites for hydroxylation is 1. The van der Waals surface area contributed by atoms with Gasteiger partial charge >= 0.3 is 6.18 Å². The third-order valence-electron chi connectivity index (χ3n) is 5.42. The van der Waals surface area contributed by atoms with Crippen molar-refractivity contribution in [1.29, 1.82) is 0 Å². The summed E-state index contributed by atoms with van der Waals surface area (Å²) < 4.78 is 41.2. The first-order valence-electron chi connectivity index (χ1n) is 9.62. The molecule has 8 heteroatoms. The van der Waals surface area contributed by atoms with Gasteiger partial charge in [-0.05, 0) is 41.8 Å². The van der Waals surface area contributed by atoms with Gasteiger partial charge < -0.3 is 4.57 Å². The van der Waals surface area contributed by atoms with Gasteiger partial charge in [0.2, 0.25) is 0 Å². The number of non-ortho nitro benzene ring substituents is 1. The first kappa shape index (κ1) is 20.2. The molecule has 2 heterocycles. The van der Waals surface area contributed by atoms with E-state index in [1.165, 1.54) is 18.2 Å². The molecule has 1 aliphatic rings. The van der Waals surface area contributed by atoms with Gasteiger partial charge in [-0.1, -0.05) is 24.3 Å². The topological polar surface area (TPSA) is 51.3 Å². The van der Waals surface area contributed by atoms with Crippen LogP contribution in [0.2, 0.25) is 0 Å². The Morgan fingerprint density at radius 3 is 2.50 bits per heavy atom. The minimum absolute atomic E-state index is 0.0248. The Bertz CT molecular complexity index is 1040. The molecule has 1 atom stereocenters. The van der Waals surface area contributed by atoms with Gasteiger partial charge in [0, 0.05) is 43.7 Å². The van der Waals surface area contributed by atoms with E-state index in [9.17, 15) is 23.3 Å². The maximum absolute atomic E-state index is 13.0. The number of nitrogens with zero attached hydrogens (tertiary/aromatic N) is 3. The van der Waals surface area contributed by atoms with Crippen molar-refractivity contribution >= 4 is 5.69 Å². The molecule has 0 fully saturated rings. The van der Waals surface area contributed by atoms with E-state index >= 15 is 0 Å². The molecule has 1 aliphatic heterocycles. The summed E-state index contributed by atoms with van der Waals surface area (Å²) in [7, 11) is 0. The van der Waals surface area contributed by atoms with Crippen molar-refractivity contribution in [2.75, 3.05) is 6.54 Å².